The van der Waals surface area contributed by atoms with E-state index < -0.39 is 15.7 Å². The van der Waals surface area contributed by atoms with Crippen LogP contribution in [-0.4, -0.2) is 53.3 Å². The monoisotopic (exact) mass is 457 g/mol. The van der Waals surface area contributed by atoms with Crippen LogP contribution in [0.1, 0.15) is 17.0 Å². The summed E-state index contributed by atoms with van der Waals surface area (Å²) in [5.41, 5.74) is 3.44. The molecule has 0 radical (unpaired) electrons. The number of rotatable bonds is 3. The van der Waals surface area contributed by atoms with Gasteiger partial charge in [-0.2, -0.15) is 9.39 Å². The third kappa shape index (κ3) is 3.59. The number of fused-ring (bicyclic) bond motifs is 1. The largest absolute Gasteiger partial charge is 0.497 e. The van der Waals surface area contributed by atoms with E-state index in [4.69, 9.17) is 10.1 Å². The summed E-state index contributed by atoms with van der Waals surface area (Å²) >= 11 is 0.769. The second-order valence-electron chi connectivity index (χ2n) is 7.04. The molecular weight excluding hydrogens is 438 g/mol. The Balaban J connectivity index is 1.76. The van der Waals surface area contributed by atoms with E-state index in [0.29, 0.717) is 0 Å². The molecular formula is C20H19N5O4S2. The van der Waals surface area contributed by atoms with Gasteiger partial charge in [0.05, 0.1) is 24.6 Å². The summed E-state index contributed by atoms with van der Waals surface area (Å²) in [4.78, 5) is 17.6. The van der Waals surface area contributed by atoms with Crippen molar-refractivity contribution in [1.82, 2.24) is 9.47 Å². The van der Waals surface area contributed by atoms with Gasteiger partial charge in [0.1, 0.15) is 11.6 Å². The molecule has 1 amide bonds. The summed E-state index contributed by atoms with van der Waals surface area (Å²) < 4.78 is 35.2. The van der Waals surface area contributed by atoms with E-state index >= 15 is 0 Å². The number of sulfone groups is 1. The number of amidine groups is 3. The number of aryl methyl sites for hydroxylation is 1. The number of methoxy groups -OCH3 is 1. The zero-order valence-corrected chi connectivity index (χ0v) is 18.8. The van der Waals surface area contributed by atoms with Crippen molar-refractivity contribution in [2.75, 3.05) is 13.4 Å². The zero-order chi connectivity index (χ0) is 22.5. The number of aromatic nitrogens is 1. The number of aliphatic imine (C=N–C) groups is 1. The van der Waals surface area contributed by atoms with E-state index in [9.17, 15) is 13.2 Å². The lowest BCUT2D eigenvalue weighted by Crippen LogP contribution is -2.45. The summed E-state index contributed by atoms with van der Waals surface area (Å²) in [6, 6.07) is 9.48. The van der Waals surface area contributed by atoms with Crippen LogP contribution in [0.15, 0.2) is 45.3 Å². The second-order valence-corrected chi connectivity index (χ2v) is 9.68. The van der Waals surface area contributed by atoms with Gasteiger partial charge in [0, 0.05) is 23.3 Å². The molecule has 160 valence electrons. The first-order valence-corrected chi connectivity index (χ1v) is 11.8. The smallest absolute Gasteiger partial charge is 0.283 e. The van der Waals surface area contributed by atoms with Gasteiger partial charge in [0.15, 0.2) is 0 Å². The molecule has 3 heterocycles. The molecule has 11 heteroatoms. The van der Waals surface area contributed by atoms with Crippen LogP contribution >= 0.6 is 11.9 Å². The van der Waals surface area contributed by atoms with Crippen molar-refractivity contribution in [3.8, 4) is 11.4 Å². The Labute approximate surface area is 183 Å². The van der Waals surface area contributed by atoms with Crippen LogP contribution < -0.4 is 4.74 Å². The van der Waals surface area contributed by atoms with Crippen molar-refractivity contribution in [2.45, 2.75) is 13.8 Å². The van der Waals surface area contributed by atoms with Gasteiger partial charge < -0.3 is 9.30 Å². The summed E-state index contributed by atoms with van der Waals surface area (Å²) in [5, 5.41) is 8.24. The number of hydrogen-bond donors (Lipinski definition) is 1. The standard InChI is InChI=1S/C20H19N5O4S2/c1-11-9-13(12(2)24(11)14-5-7-15(29-3)8-6-14)10-16-17(21)25-19(22-18(16)26)30-23-20(25)31(4,27)28/h5-10,21H,1-4H3/b16-10-,21-17?. The number of carbonyl (C=O) groups excluding carboxylic acids is 1. The van der Waals surface area contributed by atoms with Gasteiger partial charge >= 0.3 is 0 Å². The lowest BCUT2D eigenvalue weighted by Gasteiger charge is -2.23. The van der Waals surface area contributed by atoms with Crippen LogP contribution in [0.25, 0.3) is 11.8 Å². The minimum atomic E-state index is -3.69. The number of nitrogens with zero attached hydrogens (tertiary/aromatic N) is 4. The molecule has 31 heavy (non-hydrogen) atoms. The fraction of sp³-hybridized carbons (Fsp3) is 0.200. The number of nitrogens with one attached hydrogen (secondary N) is 1. The predicted molar refractivity (Wildman–Crippen MR) is 122 cm³/mol. The number of carbonyl (C=O) groups is 1. The molecule has 0 aliphatic carbocycles. The molecule has 0 spiro atoms. The number of amides is 1. The molecule has 1 aromatic heterocycles. The van der Waals surface area contributed by atoms with Gasteiger partial charge in [0.25, 0.3) is 5.91 Å². The average Bonchev–Trinajstić information content (AvgIpc) is 3.26. The van der Waals surface area contributed by atoms with Crippen molar-refractivity contribution < 1.29 is 17.9 Å². The third-order valence-electron chi connectivity index (χ3n) is 4.93. The fourth-order valence-corrected chi connectivity index (χ4v) is 5.30. The quantitative estimate of drug-likeness (QED) is 0.559. The SMILES string of the molecule is COc1ccc(-n2c(C)cc(/C=C3/C(=N)N4C(=NC3=O)SN=C4S(C)(=O)=O)c2C)cc1. The Bertz CT molecular complexity index is 1320. The van der Waals surface area contributed by atoms with E-state index in [1.54, 1.807) is 13.2 Å². The van der Waals surface area contributed by atoms with E-state index in [0.717, 1.165) is 51.5 Å². The van der Waals surface area contributed by atoms with Crippen LogP contribution in [-0.2, 0) is 14.6 Å². The Morgan fingerprint density at radius 3 is 2.48 bits per heavy atom. The zero-order valence-electron chi connectivity index (χ0n) is 17.2. The third-order valence-corrected chi connectivity index (χ3v) is 6.68. The van der Waals surface area contributed by atoms with Gasteiger partial charge in [-0.1, -0.05) is 0 Å². The normalized spacial score (nSPS) is 17.7. The van der Waals surface area contributed by atoms with E-state index in [1.165, 1.54) is 0 Å². The molecule has 0 saturated carbocycles. The van der Waals surface area contributed by atoms with Crippen molar-refractivity contribution >= 4 is 49.9 Å². The Kier molecular flexibility index (Phi) is 5.10. The van der Waals surface area contributed by atoms with E-state index in [1.807, 2.05) is 48.7 Å². The fourth-order valence-electron chi connectivity index (χ4n) is 3.46. The molecule has 0 unspecified atom stereocenters. The molecule has 2 aromatic rings. The van der Waals surface area contributed by atoms with Crippen LogP contribution in [0.3, 0.4) is 0 Å². The predicted octanol–water partition coefficient (Wildman–Crippen LogP) is 2.72. The Morgan fingerprint density at radius 1 is 1.19 bits per heavy atom. The maximum absolute atomic E-state index is 12.6. The van der Waals surface area contributed by atoms with Crippen LogP contribution in [0.4, 0.5) is 0 Å². The Morgan fingerprint density at radius 2 is 1.87 bits per heavy atom. The van der Waals surface area contributed by atoms with E-state index in [-0.39, 0.29) is 21.7 Å². The molecule has 9 nitrogen and oxygen atoms in total. The minimum Gasteiger partial charge on any atom is -0.497 e. The molecule has 0 bridgehead atoms. The van der Waals surface area contributed by atoms with Crippen LogP contribution in [0, 0.1) is 19.3 Å². The maximum atomic E-state index is 12.6. The highest BCUT2D eigenvalue weighted by atomic mass is 32.2. The van der Waals surface area contributed by atoms with Gasteiger partial charge in [-0.15, -0.1) is 0 Å². The van der Waals surface area contributed by atoms with Gasteiger partial charge in [-0.05, 0) is 55.8 Å². The highest BCUT2D eigenvalue weighted by molar-refractivity contribution is 8.16. The Hall–Kier alpha value is -3.18. The number of benzene rings is 1. The summed E-state index contributed by atoms with van der Waals surface area (Å²) in [5.74, 6) is -0.128. The van der Waals surface area contributed by atoms with Gasteiger partial charge in [-0.3, -0.25) is 10.2 Å². The van der Waals surface area contributed by atoms with Crippen LogP contribution in [0.5, 0.6) is 5.75 Å². The summed E-state index contributed by atoms with van der Waals surface area (Å²) in [6.07, 6.45) is 2.57. The number of hydrogen-bond acceptors (Lipinski definition) is 7. The van der Waals surface area contributed by atoms with E-state index in [2.05, 4.69) is 9.39 Å². The molecule has 0 fully saturated rings. The maximum Gasteiger partial charge on any atom is 0.283 e. The first-order valence-electron chi connectivity index (χ1n) is 9.14. The average molecular weight is 458 g/mol. The first-order chi connectivity index (χ1) is 14.6. The molecule has 1 aromatic carbocycles. The first kappa shape index (κ1) is 21.1. The molecule has 2 aliphatic rings. The summed E-state index contributed by atoms with van der Waals surface area (Å²) in [6.45, 7) is 3.85. The number of ether oxygens (including phenoxy) is 1. The molecule has 2 aliphatic heterocycles. The highest BCUT2D eigenvalue weighted by Gasteiger charge is 2.41. The second kappa shape index (κ2) is 7.50. The van der Waals surface area contributed by atoms with Gasteiger partial charge in [-0.25, -0.2) is 13.3 Å². The topological polar surface area (TPSA) is 117 Å². The van der Waals surface area contributed by atoms with Crippen molar-refractivity contribution in [1.29, 1.82) is 5.41 Å². The highest BCUT2D eigenvalue weighted by Crippen LogP contribution is 2.31. The summed E-state index contributed by atoms with van der Waals surface area (Å²) in [7, 11) is -2.09. The van der Waals surface area contributed by atoms with Crippen LogP contribution in [0.2, 0.25) is 0 Å². The molecule has 0 atom stereocenters. The van der Waals surface area contributed by atoms with Gasteiger partial charge in [0.2, 0.25) is 20.2 Å². The van der Waals surface area contributed by atoms with Crippen molar-refractivity contribution in [3.63, 3.8) is 0 Å². The van der Waals surface area contributed by atoms with Crippen molar-refractivity contribution in [3.05, 3.63) is 52.9 Å². The minimum absolute atomic E-state index is 0.00224. The van der Waals surface area contributed by atoms with Crippen molar-refractivity contribution in [2.24, 2.45) is 9.39 Å². The molecule has 4 rings (SSSR count). The lowest BCUT2D eigenvalue weighted by atomic mass is 10.1. The molecule has 1 N–H and O–H groups in total. The lowest BCUT2D eigenvalue weighted by molar-refractivity contribution is -0.114. The molecule has 0 saturated heterocycles.